The van der Waals surface area contributed by atoms with Crippen LogP contribution in [-0.2, 0) is 5.72 Å². The largest absolute Gasteiger partial charge is 0.363 e. The highest BCUT2D eigenvalue weighted by atomic mass is 16.3. The maximum atomic E-state index is 11.6. The molecule has 2 aliphatic heterocycles. The number of aliphatic hydroxyl groups is 1. The van der Waals surface area contributed by atoms with Gasteiger partial charge in [-0.25, -0.2) is 0 Å². The molecule has 0 aliphatic carbocycles. The average Bonchev–Trinajstić information content (AvgIpc) is 2.72. The first-order chi connectivity index (χ1) is 10.3. The van der Waals surface area contributed by atoms with Gasteiger partial charge in [0.1, 0.15) is 5.84 Å². The van der Waals surface area contributed by atoms with E-state index in [2.05, 4.69) is 11.0 Å². The zero-order chi connectivity index (χ0) is 14.3. The summed E-state index contributed by atoms with van der Waals surface area (Å²) in [6, 6.07) is 18.0. The molecule has 0 aromatic heterocycles. The Labute approximate surface area is 124 Å². The van der Waals surface area contributed by atoms with E-state index in [1.54, 1.807) is 0 Å². The standard InChI is InChI=1S/C18H18N2O/c21-18(14-8-2-1-3-9-14)16-11-5-4-10-15(16)17-19-12-6-7-13-20(17)18/h1-5,8-11,21H,6-7,12-13H2/t18-/m1/s1. The van der Waals surface area contributed by atoms with Crippen molar-refractivity contribution in [1.29, 1.82) is 0 Å². The van der Waals surface area contributed by atoms with Gasteiger partial charge in [0.05, 0.1) is 0 Å². The summed E-state index contributed by atoms with van der Waals surface area (Å²) in [6.45, 7) is 1.67. The number of benzene rings is 2. The molecule has 0 spiro atoms. The van der Waals surface area contributed by atoms with E-state index in [1.165, 1.54) is 0 Å². The molecule has 0 amide bonds. The third-order valence-electron chi connectivity index (χ3n) is 4.42. The lowest BCUT2D eigenvalue weighted by molar-refractivity contribution is -0.0293. The topological polar surface area (TPSA) is 35.8 Å². The van der Waals surface area contributed by atoms with Crippen LogP contribution < -0.4 is 0 Å². The van der Waals surface area contributed by atoms with Gasteiger partial charge in [0, 0.05) is 29.8 Å². The summed E-state index contributed by atoms with van der Waals surface area (Å²) in [7, 11) is 0. The summed E-state index contributed by atoms with van der Waals surface area (Å²) in [5, 5.41) is 11.6. The van der Waals surface area contributed by atoms with Crippen LogP contribution in [0.2, 0.25) is 0 Å². The van der Waals surface area contributed by atoms with E-state index in [0.717, 1.165) is 48.5 Å². The summed E-state index contributed by atoms with van der Waals surface area (Å²) >= 11 is 0. The molecule has 0 unspecified atom stereocenters. The third-order valence-corrected chi connectivity index (χ3v) is 4.42. The Kier molecular flexibility index (Phi) is 2.82. The van der Waals surface area contributed by atoms with Crippen molar-refractivity contribution < 1.29 is 5.11 Å². The van der Waals surface area contributed by atoms with E-state index < -0.39 is 5.72 Å². The van der Waals surface area contributed by atoms with Gasteiger partial charge in [-0.1, -0.05) is 54.6 Å². The van der Waals surface area contributed by atoms with E-state index in [1.807, 2.05) is 48.5 Å². The smallest absolute Gasteiger partial charge is 0.193 e. The SMILES string of the molecule is O[C@]1(c2ccccc2)c2ccccc2C2=NCCCCN21. The molecule has 1 atom stereocenters. The fourth-order valence-corrected chi connectivity index (χ4v) is 3.41. The second kappa shape index (κ2) is 4.71. The highest BCUT2D eigenvalue weighted by Gasteiger charge is 2.48. The van der Waals surface area contributed by atoms with Crippen LogP contribution in [0.3, 0.4) is 0 Å². The normalized spacial score (nSPS) is 24.0. The number of nitrogens with zero attached hydrogens (tertiary/aromatic N) is 2. The second-order valence-corrected chi connectivity index (χ2v) is 5.65. The highest BCUT2D eigenvalue weighted by molar-refractivity contribution is 6.04. The van der Waals surface area contributed by atoms with Gasteiger partial charge in [-0.3, -0.25) is 4.99 Å². The fourth-order valence-electron chi connectivity index (χ4n) is 3.41. The van der Waals surface area contributed by atoms with Gasteiger partial charge >= 0.3 is 0 Å². The molecule has 21 heavy (non-hydrogen) atoms. The minimum absolute atomic E-state index is 0.832. The summed E-state index contributed by atoms with van der Waals surface area (Å²) in [5.41, 5.74) is 1.81. The van der Waals surface area contributed by atoms with Gasteiger partial charge in [-0.05, 0) is 12.8 Å². The van der Waals surface area contributed by atoms with Crippen LogP contribution >= 0.6 is 0 Å². The van der Waals surface area contributed by atoms with Gasteiger partial charge in [-0.15, -0.1) is 0 Å². The monoisotopic (exact) mass is 278 g/mol. The zero-order valence-corrected chi connectivity index (χ0v) is 11.9. The van der Waals surface area contributed by atoms with Crippen LogP contribution in [0.1, 0.15) is 29.5 Å². The molecule has 1 N–H and O–H groups in total. The van der Waals surface area contributed by atoms with E-state index in [4.69, 9.17) is 4.99 Å². The molecule has 0 saturated carbocycles. The molecule has 4 rings (SSSR count). The molecule has 2 heterocycles. The van der Waals surface area contributed by atoms with Crippen molar-refractivity contribution in [2.75, 3.05) is 13.1 Å². The van der Waals surface area contributed by atoms with E-state index in [0.29, 0.717) is 0 Å². The summed E-state index contributed by atoms with van der Waals surface area (Å²) in [6.07, 6.45) is 2.13. The number of aliphatic imine (C=N–C) groups is 1. The number of fused-ring (bicyclic) bond motifs is 3. The number of rotatable bonds is 1. The Morgan fingerprint density at radius 1 is 0.952 bits per heavy atom. The van der Waals surface area contributed by atoms with Crippen molar-refractivity contribution in [1.82, 2.24) is 4.90 Å². The van der Waals surface area contributed by atoms with Crippen LogP contribution in [-0.4, -0.2) is 28.9 Å². The summed E-state index contributed by atoms with van der Waals surface area (Å²) in [5.74, 6) is 0.939. The van der Waals surface area contributed by atoms with Gasteiger partial charge in [0.2, 0.25) is 0 Å². The molecule has 2 aliphatic rings. The number of hydrogen-bond donors (Lipinski definition) is 1. The van der Waals surface area contributed by atoms with Crippen molar-refractivity contribution >= 4 is 5.84 Å². The molecule has 3 heteroatoms. The van der Waals surface area contributed by atoms with E-state index >= 15 is 0 Å². The Morgan fingerprint density at radius 3 is 2.57 bits per heavy atom. The average molecular weight is 278 g/mol. The van der Waals surface area contributed by atoms with Gasteiger partial charge in [0.15, 0.2) is 5.72 Å². The first-order valence-electron chi connectivity index (χ1n) is 7.51. The van der Waals surface area contributed by atoms with Crippen molar-refractivity contribution in [2.24, 2.45) is 4.99 Å². The second-order valence-electron chi connectivity index (χ2n) is 5.65. The maximum Gasteiger partial charge on any atom is 0.193 e. The predicted octanol–water partition coefficient (Wildman–Crippen LogP) is 2.74. The Balaban J connectivity index is 1.98. The summed E-state index contributed by atoms with van der Waals surface area (Å²) in [4.78, 5) is 6.80. The van der Waals surface area contributed by atoms with Gasteiger partial charge in [0.25, 0.3) is 0 Å². The molecule has 0 fully saturated rings. The van der Waals surface area contributed by atoms with Crippen LogP contribution in [0.25, 0.3) is 0 Å². The van der Waals surface area contributed by atoms with Crippen molar-refractivity contribution in [2.45, 2.75) is 18.6 Å². The maximum absolute atomic E-state index is 11.6. The van der Waals surface area contributed by atoms with Crippen LogP contribution in [0, 0.1) is 0 Å². The molecule has 2 aromatic rings. The minimum atomic E-state index is -1.10. The molecule has 0 bridgehead atoms. The molecule has 0 saturated heterocycles. The summed E-state index contributed by atoms with van der Waals surface area (Å²) < 4.78 is 0. The van der Waals surface area contributed by atoms with E-state index in [9.17, 15) is 5.11 Å². The first-order valence-corrected chi connectivity index (χ1v) is 7.51. The zero-order valence-electron chi connectivity index (χ0n) is 11.9. The lowest BCUT2D eigenvalue weighted by atomic mass is 9.93. The fraction of sp³-hybridized carbons (Fsp3) is 0.278. The first kappa shape index (κ1) is 12.6. The third kappa shape index (κ3) is 1.74. The Morgan fingerprint density at radius 2 is 1.71 bits per heavy atom. The van der Waals surface area contributed by atoms with Crippen molar-refractivity contribution in [3.05, 3.63) is 71.3 Å². The lowest BCUT2D eigenvalue weighted by Crippen LogP contribution is -2.45. The number of amidine groups is 1. The Bertz CT molecular complexity index is 695. The van der Waals surface area contributed by atoms with E-state index in [-0.39, 0.29) is 0 Å². The molecule has 2 aromatic carbocycles. The Hall–Kier alpha value is -2.13. The predicted molar refractivity (Wildman–Crippen MR) is 83.2 cm³/mol. The lowest BCUT2D eigenvalue weighted by Gasteiger charge is -2.35. The van der Waals surface area contributed by atoms with Crippen molar-refractivity contribution in [3.63, 3.8) is 0 Å². The van der Waals surface area contributed by atoms with Gasteiger partial charge < -0.3 is 10.0 Å². The van der Waals surface area contributed by atoms with Crippen LogP contribution in [0.4, 0.5) is 0 Å². The van der Waals surface area contributed by atoms with Crippen molar-refractivity contribution in [3.8, 4) is 0 Å². The molecule has 0 radical (unpaired) electrons. The molecular weight excluding hydrogens is 260 g/mol. The molecular formula is C18H18N2O. The van der Waals surface area contributed by atoms with Crippen LogP contribution in [0.5, 0.6) is 0 Å². The molecule has 106 valence electrons. The quantitative estimate of drug-likeness (QED) is 0.870. The number of hydrogen-bond acceptors (Lipinski definition) is 3. The highest BCUT2D eigenvalue weighted by Crippen LogP contribution is 2.43. The van der Waals surface area contributed by atoms with Crippen LogP contribution in [0.15, 0.2) is 59.6 Å². The minimum Gasteiger partial charge on any atom is -0.363 e. The van der Waals surface area contributed by atoms with Gasteiger partial charge in [-0.2, -0.15) is 0 Å². The molecule has 3 nitrogen and oxygen atoms in total.